The van der Waals surface area contributed by atoms with Crippen LogP contribution in [0.1, 0.15) is 0 Å². The molecule has 0 amide bonds. The molecule has 0 aliphatic rings. The van der Waals surface area contributed by atoms with Crippen LogP contribution in [0.25, 0.3) is 11.0 Å². The van der Waals surface area contributed by atoms with E-state index in [0.29, 0.717) is 0 Å². The fourth-order valence-corrected chi connectivity index (χ4v) is 1.18. The predicted molar refractivity (Wildman–Crippen MR) is 42.9 cm³/mol. The van der Waals surface area contributed by atoms with Crippen LogP contribution in [-0.4, -0.2) is 4.98 Å². The molecule has 11 heavy (non-hydrogen) atoms. The van der Waals surface area contributed by atoms with Gasteiger partial charge in [0, 0.05) is 0 Å². The van der Waals surface area contributed by atoms with Gasteiger partial charge in [-0.1, -0.05) is 0 Å². The summed E-state index contributed by atoms with van der Waals surface area (Å²) in [6.45, 7) is 0. The first kappa shape index (κ1) is 6.28. The molecule has 0 radical (unpaired) electrons. The van der Waals surface area contributed by atoms with Gasteiger partial charge in [0.25, 0.3) is 0 Å². The van der Waals surface area contributed by atoms with Gasteiger partial charge in [-0.15, -0.1) is 0 Å². The van der Waals surface area contributed by atoms with Gasteiger partial charge in [-0.05, 0) is 29.2 Å². The number of nitrogens with zero attached hydrogens (tertiary/aromatic N) is 2. The van der Waals surface area contributed by atoms with E-state index in [1.807, 2.05) is 36.1 Å². The van der Waals surface area contributed by atoms with Gasteiger partial charge in [-0.25, -0.2) is 4.57 Å². The molecule has 2 rings (SSSR count). The Kier molecular flexibility index (Phi) is 1.32. The zero-order chi connectivity index (χ0) is 7.68. The molecule has 0 aromatic carbocycles. The van der Waals surface area contributed by atoms with E-state index in [2.05, 4.69) is 17.1 Å². The Bertz CT molecular complexity index is 377. The maximum absolute atomic E-state index is 4.24. The van der Waals surface area contributed by atoms with E-state index in [1.54, 1.807) is 0 Å². The third kappa shape index (κ3) is 0.963. The van der Waals surface area contributed by atoms with E-state index < -0.39 is 0 Å². The number of hydrogen-bond donors (Lipinski definition) is 0. The zero-order valence-electron chi connectivity index (χ0n) is 6.36. The first-order valence-corrected chi connectivity index (χ1v) is 3.57. The molecule has 2 aromatic heterocycles. The number of rotatable bonds is 0. The fourth-order valence-electron chi connectivity index (χ4n) is 1.18. The van der Waals surface area contributed by atoms with Gasteiger partial charge in [-0.2, -0.15) is 0 Å². The first-order chi connectivity index (χ1) is 5.38. The van der Waals surface area contributed by atoms with E-state index in [-0.39, 0.29) is 0 Å². The van der Waals surface area contributed by atoms with Gasteiger partial charge < -0.3 is 0 Å². The van der Waals surface area contributed by atoms with Gasteiger partial charge in [-0.3, -0.25) is 0 Å². The van der Waals surface area contributed by atoms with Crippen LogP contribution in [0.2, 0.25) is 0 Å². The van der Waals surface area contributed by atoms with E-state index in [1.165, 1.54) is 5.39 Å². The van der Waals surface area contributed by atoms with Crippen LogP contribution in [0.4, 0.5) is 0 Å². The second-order valence-corrected chi connectivity index (χ2v) is 2.54. The molecule has 0 N–H and O–H groups in total. The Labute approximate surface area is 65.1 Å². The van der Waals surface area contributed by atoms with Gasteiger partial charge in [0.05, 0.1) is 18.6 Å². The quantitative estimate of drug-likeness (QED) is 0.506. The number of fused-ring (bicyclic) bond motifs is 1. The molecule has 0 aliphatic heterocycles. The third-order valence-corrected chi connectivity index (χ3v) is 1.74. The minimum Gasteiger partial charge on any atom is -0.233 e. The van der Waals surface area contributed by atoms with Gasteiger partial charge in [0.15, 0.2) is 0 Å². The molecule has 2 heterocycles. The van der Waals surface area contributed by atoms with E-state index in [9.17, 15) is 0 Å². The van der Waals surface area contributed by atoms with Gasteiger partial charge in [0.2, 0.25) is 0 Å². The fraction of sp³-hybridized carbons (Fsp3) is 0.111. The Morgan fingerprint density at radius 3 is 2.91 bits per heavy atom. The van der Waals surface area contributed by atoms with Crippen molar-refractivity contribution in [1.82, 2.24) is 4.98 Å². The molecule has 0 saturated heterocycles. The van der Waals surface area contributed by atoms with Crippen molar-refractivity contribution in [3.63, 3.8) is 0 Å². The molecule has 0 bridgehead atoms. The maximum atomic E-state index is 4.24. The maximum Gasteiger partial charge on any atom is 0.329 e. The second-order valence-electron chi connectivity index (χ2n) is 2.54. The summed E-state index contributed by atoms with van der Waals surface area (Å²) in [5.41, 5.74) is 1.02. The lowest BCUT2D eigenvalue weighted by molar-refractivity contribution is -0.646. The molecule has 0 fully saturated rings. The highest BCUT2D eigenvalue weighted by molar-refractivity contribution is 5.70. The largest absolute Gasteiger partial charge is 0.329 e. The topological polar surface area (TPSA) is 16.8 Å². The summed E-state index contributed by atoms with van der Waals surface area (Å²) in [5, 5.41) is 1.18. The van der Waals surface area contributed by atoms with Crippen LogP contribution in [0.15, 0.2) is 36.7 Å². The highest BCUT2D eigenvalue weighted by atomic mass is 15.0. The molecular formula is C9H9N2+. The molecule has 2 aromatic rings. The molecule has 0 aliphatic carbocycles. The molecule has 0 atom stereocenters. The summed E-state index contributed by atoms with van der Waals surface area (Å²) in [6.07, 6.45) is 3.80. The van der Waals surface area contributed by atoms with Crippen molar-refractivity contribution in [3.8, 4) is 0 Å². The van der Waals surface area contributed by atoms with Gasteiger partial charge >= 0.3 is 5.65 Å². The van der Waals surface area contributed by atoms with Crippen molar-refractivity contribution in [2.45, 2.75) is 0 Å². The van der Waals surface area contributed by atoms with E-state index >= 15 is 0 Å². The van der Waals surface area contributed by atoms with E-state index in [0.717, 1.165) is 5.65 Å². The van der Waals surface area contributed by atoms with Crippen LogP contribution in [-0.2, 0) is 7.05 Å². The first-order valence-electron chi connectivity index (χ1n) is 3.57. The second kappa shape index (κ2) is 2.31. The Hall–Kier alpha value is -1.44. The minimum atomic E-state index is 1.02. The van der Waals surface area contributed by atoms with Crippen LogP contribution in [0.5, 0.6) is 0 Å². The third-order valence-electron chi connectivity index (χ3n) is 1.74. The average molecular weight is 145 g/mol. The summed E-state index contributed by atoms with van der Waals surface area (Å²) in [5.74, 6) is 0. The van der Waals surface area contributed by atoms with Crippen LogP contribution < -0.4 is 4.57 Å². The molecule has 0 unspecified atom stereocenters. The summed E-state index contributed by atoms with van der Waals surface area (Å²) in [7, 11) is 2.00. The summed E-state index contributed by atoms with van der Waals surface area (Å²) < 4.78 is 2.01. The monoisotopic (exact) mass is 145 g/mol. The number of pyridine rings is 2. The normalized spacial score (nSPS) is 10.3. The van der Waals surface area contributed by atoms with Crippen molar-refractivity contribution in [1.29, 1.82) is 0 Å². The number of aryl methyl sites for hydroxylation is 1. The number of hydrogen-bond acceptors (Lipinski definition) is 1. The molecule has 2 nitrogen and oxygen atoms in total. The minimum absolute atomic E-state index is 1.02. The standard InChI is InChI=1S/C9H9N2/c1-11-7-3-5-8-4-2-6-10-9(8)11/h2-7H,1H3/q+1. The van der Waals surface area contributed by atoms with Crippen LogP contribution in [0.3, 0.4) is 0 Å². The molecular weight excluding hydrogens is 136 g/mol. The van der Waals surface area contributed by atoms with Crippen molar-refractivity contribution in [2.75, 3.05) is 0 Å². The van der Waals surface area contributed by atoms with Gasteiger partial charge in [0.1, 0.15) is 6.20 Å². The summed E-state index contributed by atoms with van der Waals surface area (Å²) in [6, 6.07) is 8.08. The summed E-state index contributed by atoms with van der Waals surface area (Å²) >= 11 is 0. The Morgan fingerprint density at radius 1 is 1.27 bits per heavy atom. The smallest absolute Gasteiger partial charge is 0.233 e. The van der Waals surface area contributed by atoms with Crippen molar-refractivity contribution < 1.29 is 4.57 Å². The molecule has 0 spiro atoms. The lowest BCUT2D eigenvalue weighted by Gasteiger charge is -1.92. The Balaban J connectivity index is 2.91. The zero-order valence-corrected chi connectivity index (χ0v) is 6.36. The number of aromatic nitrogens is 2. The van der Waals surface area contributed by atoms with Crippen LogP contribution in [0, 0.1) is 0 Å². The van der Waals surface area contributed by atoms with Crippen molar-refractivity contribution >= 4 is 11.0 Å². The van der Waals surface area contributed by atoms with E-state index in [4.69, 9.17) is 0 Å². The van der Waals surface area contributed by atoms with Crippen molar-refractivity contribution in [3.05, 3.63) is 36.7 Å². The highest BCUT2D eigenvalue weighted by Crippen LogP contribution is 2.03. The summed E-state index contributed by atoms with van der Waals surface area (Å²) in [4.78, 5) is 4.24. The van der Waals surface area contributed by atoms with Crippen molar-refractivity contribution in [2.24, 2.45) is 7.05 Å². The predicted octanol–water partition coefficient (Wildman–Crippen LogP) is 1.06. The SMILES string of the molecule is C[n+]1cccc2cccnc21. The molecule has 54 valence electrons. The lowest BCUT2D eigenvalue weighted by atomic mass is 10.3. The van der Waals surface area contributed by atoms with Crippen LogP contribution >= 0.6 is 0 Å². The lowest BCUT2D eigenvalue weighted by Crippen LogP contribution is -2.28. The molecule has 0 saturated carbocycles. The highest BCUT2D eigenvalue weighted by Gasteiger charge is 2.01. The average Bonchev–Trinajstić information content (AvgIpc) is 2.06. The molecule has 2 heteroatoms. The Morgan fingerprint density at radius 2 is 2.09 bits per heavy atom.